The van der Waals surface area contributed by atoms with Crippen LogP contribution in [0.1, 0.15) is 67.7 Å². The molecule has 0 amide bonds. The smallest absolute Gasteiger partial charge is 1.00 e. The molecule has 2 aliphatic carbocycles. The van der Waals surface area contributed by atoms with Crippen LogP contribution in [0, 0.1) is 10.8 Å². The molecule has 0 aromatic carbocycles. The zero-order valence-corrected chi connectivity index (χ0v) is 23.9. The Kier molecular flexibility index (Phi) is 10.5. The number of halogens is 2. The van der Waals surface area contributed by atoms with Gasteiger partial charge in [-0.05, 0) is 0 Å². The molecule has 29 heavy (non-hydrogen) atoms. The van der Waals surface area contributed by atoms with E-state index in [1.54, 1.807) is 9.07 Å². The average molecular weight is 490 g/mol. The van der Waals surface area contributed by atoms with E-state index < -0.39 is 8.07 Å². The van der Waals surface area contributed by atoms with Gasteiger partial charge < -0.3 is 24.8 Å². The van der Waals surface area contributed by atoms with E-state index in [9.17, 15) is 0 Å². The number of ether oxygens (including phenoxy) is 1. The van der Waals surface area contributed by atoms with Crippen LogP contribution < -0.4 is 24.8 Å². The predicted molar refractivity (Wildman–Crippen MR) is 117 cm³/mol. The minimum Gasteiger partial charge on any atom is -1.00 e. The first-order chi connectivity index (χ1) is 12.3. The summed E-state index contributed by atoms with van der Waals surface area (Å²) in [6.45, 7) is 22.2. The first kappa shape index (κ1) is 29.4. The third-order valence-corrected chi connectivity index (χ3v) is 11.8. The van der Waals surface area contributed by atoms with Crippen LogP contribution in [0.25, 0.3) is 0 Å². The molecule has 0 saturated carbocycles. The fourth-order valence-corrected chi connectivity index (χ4v) is 10.3. The quantitative estimate of drug-likeness (QED) is 0.524. The molecule has 0 bridgehead atoms. The van der Waals surface area contributed by atoms with Gasteiger partial charge in [0.25, 0.3) is 0 Å². The number of hydrogen-bond donors (Lipinski definition) is 0. The normalized spacial score (nSPS) is 22.7. The first-order valence-corrected chi connectivity index (χ1v) is 14.2. The van der Waals surface area contributed by atoms with Crippen LogP contribution in [-0.4, -0.2) is 19.9 Å². The van der Waals surface area contributed by atoms with E-state index in [0.29, 0.717) is 0 Å². The van der Waals surface area contributed by atoms with Crippen LogP contribution in [0.2, 0.25) is 13.1 Å². The van der Waals surface area contributed by atoms with Crippen LogP contribution in [-0.2, 0) is 25.2 Å². The topological polar surface area (TPSA) is 9.23 Å². The van der Waals surface area contributed by atoms with Gasteiger partial charge in [-0.25, -0.2) is 0 Å². The standard InChI is InChI=1S/C24H39OSi.2ClH.Ti/c1-10-17-25-24(26(8,9)20-13-11-12-14-20)16-15-19(22(2,3)4)18-21(24)23(5,6)7;;;/h11,13,15,18H,10,12,16-17H2,1-9H3;2*1H;/q;;;+2/p-2. The molecular formula is C24H39Cl2OSiTi. The molecule has 5 heteroatoms. The van der Waals surface area contributed by atoms with E-state index >= 15 is 0 Å². The molecule has 0 saturated heterocycles. The van der Waals surface area contributed by atoms with E-state index in [1.807, 2.05) is 0 Å². The molecule has 163 valence electrons. The van der Waals surface area contributed by atoms with Crippen LogP contribution in [0.5, 0.6) is 0 Å². The minimum absolute atomic E-state index is 0. The van der Waals surface area contributed by atoms with Gasteiger partial charge in [0.2, 0.25) is 0 Å². The average Bonchev–Trinajstić information content (AvgIpc) is 2.97. The van der Waals surface area contributed by atoms with Crippen molar-refractivity contribution in [1.29, 1.82) is 0 Å². The van der Waals surface area contributed by atoms with E-state index in [1.165, 1.54) is 11.1 Å². The van der Waals surface area contributed by atoms with Crippen molar-refractivity contribution in [2.45, 2.75) is 86.0 Å². The minimum atomic E-state index is -1.92. The molecule has 0 N–H and O–H groups in total. The van der Waals surface area contributed by atoms with Gasteiger partial charge in [0.15, 0.2) is 0 Å². The summed E-state index contributed by atoms with van der Waals surface area (Å²) in [6, 6.07) is 0. The molecule has 0 aromatic heterocycles. The van der Waals surface area contributed by atoms with E-state index in [2.05, 4.69) is 106 Å². The van der Waals surface area contributed by atoms with Crippen molar-refractivity contribution in [3.05, 3.63) is 44.5 Å². The maximum Gasteiger partial charge on any atom is -1.00 e. The van der Waals surface area contributed by atoms with Crippen molar-refractivity contribution in [2.75, 3.05) is 6.61 Å². The van der Waals surface area contributed by atoms with Gasteiger partial charge >= 0.3 is 181 Å². The third kappa shape index (κ3) is 5.82. The van der Waals surface area contributed by atoms with Crippen molar-refractivity contribution in [1.82, 2.24) is 0 Å². The van der Waals surface area contributed by atoms with E-state index in [-0.39, 0.29) is 40.9 Å². The molecule has 1 nitrogen and oxygen atoms in total. The largest absolute Gasteiger partial charge is 1.00 e. The molecule has 0 aliphatic heterocycles. The predicted octanol–water partition coefficient (Wildman–Crippen LogP) is 1.06. The van der Waals surface area contributed by atoms with Gasteiger partial charge in [-0.3, -0.25) is 0 Å². The Morgan fingerprint density at radius 2 is 1.66 bits per heavy atom. The zero-order chi connectivity index (χ0) is 20.7. The molecule has 0 radical (unpaired) electrons. The second-order valence-corrected chi connectivity index (χ2v) is 16.3. The van der Waals surface area contributed by atoms with Crippen LogP contribution >= 0.6 is 0 Å². The summed E-state index contributed by atoms with van der Waals surface area (Å²) in [7, 11) is -1.92. The molecule has 0 aromatic rings. The summed E-state index contributed by atoms with van der Waals surface area (Å²) < 4.78 is 8.47. The summed E-state index contributed by atoms with van der Waals surface area (Å²) in [5.74, 6) is 0. The summed E-state index contributed by atoms with van der Waals surface area (Å²) in [4.78, 5) is 0. The Morgan fingerprint density at radius 3 is 2.07 bits per heavy atom. The van der Waals surface area contributed by atoms with Crippen LogP contribution in [0.3, 0.4) is 0 Å². The maximum absolute atomic E-state index is 6.93. The van der Waals surface area contributed by atoms with E-state index in [0.717, 1.165) is 25.9 Å². The second kappa shape index (κ2) is 10.4. The molecule has 0 heterocycles. The molecular weight excluding hydrogens is 451 g/mol. The number of rotatable bonds is 5. The second-order valence-electron chi connectivity index (χ2n) is 10.7. The Hall–Kier alpha value is 0.431. The maximum atomic E-state index is 6.93. The zero-order valence-electron chi connectivity index (χ0n) is 19.8. The first-order valence-electron chi connectivity index (χ1n) is 10.5. The Bertz CT molecular complexity index is 705. The fourth-order valence-electron chi connectivity index (χ4n) is 4.53. The van der Waals surface area contributed by atoms with E-state index in [4.69, 9.17) is 4.74 Å². The molecule has 0 spiro atoms. The molecule has 0 fully saturated rings. The number of allylic oxidation sites excluding steroid dienone is 6. The van der Waals surface area contributed by atoms with Gasteiger partial charge in [0, 0.05) is 0 Å². The Balaban J connectivity index is 0.00000392. The van der Waals surface area contributed by atoms with Gasteiger partial charge in [0.1, 0.15) is 0 Å². The fraction of sp³-hybridized carbons (Fsp3) is 0.667. The van der Waals surface area contributed by atoms with Crippen molar-refractivity contribution in [2.24, 2.45) is 10.8 Å². The van der Waals surface area contributed by atoms with Crippen molar-refractivity contribution < 1.29 is 50.0 Å². The monoisotopic (exact) mass is 489 g/mol. The molecule has 2 rings (SSSR count). The van der Waals surface area contributed by atoms with Gasteiger partial charge in [-0.15, -0.1) is 0 Å². The number of hydrogen-bond acceptors (Lipinski definition) is 1. The van der Waals surface area contributed by atoms with Crippen LogP contribution in [0.4, 0.5) is 0 Å². The van der Waals surface area contributed by atoms with Crippen molar-refractivity contribution in [3.63, 3.8) is 0 Å². The summed E-state index contributed by atoms with van der Waals surface area (Å²) >= 11 is 2.32. The van der Waals surface area contributed by atoms with Gasteiger partial charge in [-0.1, -0.05) is 0 Å². The summed E-state index contributed by atoms with van der Waals surface area (Å²) in [6.07, 6.45) is 12.9. The molecule has 2 aliphatic rings. The third-order valence-electron chi connectivity index (χ3n) is 6.19. The van der Waals surface area contributed by atoms with Crippen molar-refractivity contribution >= 4 is 8.07 Å². The Labute approximate surface area is 205 Å². The Morgan fingerprint density at radius 1 is 1.07 bits per heavy atom. The molecule has 1 unspecified atom stereocenters. The van der Waals surface area contributed by atoms with Crippen LogP contribution in [0.15, 0.2) is 44.5 Å². The van der Waals surface area contributed by atoms with Crippen molar-refractivity contribution in [3.8, 4) is 0 Å². The summed E-state index contributed by atoms with van der Waals surface area (Å²) in [5, 5.41) is 1.43. The summed E-state index contributed by atoms with van der Waals surface area (Å²) in [5.41, 5.74) is 3.22. The van der Waals surface area contributed by atoms with Gasteiger partial charge in [0.05, 0.1) is 0 Å². The molecule has 1 atom stereocenters. The van der Waals surface area contributed by atoms with Gasteiger partial charge in [-0.2, -0.15) is 0 Å². The SMILES string of the molecule is CCCOC1([Si](C)(C)C2=[C]([Ti+2])CC=C2)CC=C(C(C)(C)C)C=C1C(C)(C)C.[Cl-].[Cl-].